The van der Waals surface area contributed by atoms with E-state index >= 15 is 0 Å². The van der Waals surface area contributed by atoms with Crippen LogP contribution in [0.5, 0.6) is 0 Å². The SMILES string of the molecule is CCNC(Cc1nc(C(CC)OC)no1)C(C)(C)C. The lowest BCUT2D eigenvalue weighted by molar-refractivity contribution is 0.0903. The number of rotatable bonds is 7. The van der Waals surface area contributed by atoms with Gasteiger partial charge >= 0.3 is 0 Å². The van der Waals surface area contributed by atoms with E-state index in [1.165, 1.54) is 0 Å². The van der Waals surface area contributed by atoms with Crippen LogP contribution in [0.4, 0.5) is 0 Å². The van der Waals surface area contributed by atoms with Gasteiger partial charge in [0.15, 0.2) is 0 Å². The van der Waals surface area contributed by atoms with Crippen molar-refractivity contribution in [3.8, 4) is 0 Å². The molecule has 0 radical (unpaired) electrons. The molecule has 2 atom stereocenters. The molecule has 0 aromatic carbocycles. The summed E-state index contributed by atoms with van der Waals surface area (Å²) in [5.74, 6) is 1.32. The Morgan fingerprint density at radius 2 is 2.00 bits per heavy atom. The van der Waals surface area contributed by atoms with E-state index in [9.17, 15) is 0 Å². The Balaban J connectivity index is 2.75. The minimum atomic E-state index is -0.0790. The summed E-state index contributed by atoms with van der Waals surface area (Å²) in [5, 5.41) is 7.49. The fraction of sp³-hybridized carbons (Fsp3) is 0.857. The van der Waals surface area contributed by atoms with Gasteiger partial charge in [-0.25, -0.2) is 0 Å². The molecule has 0 bridgehead atoms. The van der Waals surface area contributed by atoms with E-state index in [2.05, 4.69) is 43.2 Å². The summed E-state index contributed by atoms with van der Waals surface area (Å²) in [7, 11) is 1.67. The van der Waals surface area contributed by atoms with Crippen molar-refractivity contribution in [3.05, 3.63) is 11.7 Å². The van der Waals surface area contributed by atoms with Crippen molar-refractivity contribution in [1.29, 1.82) is 0 Å². The Bertz CT molecular complexity index is 367. The highest BCUT2D eigenvalue weighted by molar-refractivity contribution is 4.95. The summed E-state index contributed by atoms with van der Waals surface area (Å²) in [6, 6.07) is 0.313. The molecule has 1 rings (SSSR count). The van der Waals surface area contributed by atoms with E-state index in [-0.39, 0.29) is 11.5 Å². The van der Waals surface area contributed by atoms with Crippen molar-refractivity contribution < 1.29 is 9.26 Å². The van der Waals surface area contributed by atoms with Crippen LogP contribution in [-0.4, -0.2) is 29.8 Å². The van der Waals surface area contributed by atoms with Gasteiger partial charge in [-0.15, -0.1) is 0 Å². The van der Waals surface area contributed by atoms with Crippen molar-refractivity contribution in [1.82, 2.24) is 15.5 Å². The third-order valence-corrected chi connectivity index (χ3v) is 3.30. The maximum Gasteiger partial charge on any atom is 0.228 e. The Hall–Kier alpha value is -0.940. The molecule has 110 valence electrons. The lowest BCUT2D eigenvalue weighted by Gasteiger charge is -2.30. The number of likely N-dealkylation sites (N-methyl/N-ethyl adjacent to an activating group) is 1. The molecule has 19 heavy (non-hydrogen) atoms. The number of ether oxygens (including phenoxy) is 1. The number of methoxy groups -OCH3 is 1. The Morgan fingerprint density at radius 1 is 1.32 bits per heavy atom. The molecule has 1 N–H and O–H groups in total. The van der Waals surface area contributed by atoms with Crippen LogP contribution in [0.1, 0.15) is 58.9 Å². The molecule has 1 aromatic rings. The second-order valence-electron chi connectivity index (χ2n) is 5.86. The van der Waals surface area contributed by atoms with Crippen LogP contribution in [0.3, 0.4) is 0 Å². The Labute approximate surface area is 116 Å². The zero-order chi connectivity index (χ0) is 14.5. The topological polar surface area (TPSA) is 60.2 Å². The van der Waals surface area contributed by atoms with Crippen LogP contribution in [0.2, 0.25) is 0 Å². The highest BCUT2D eigenvalue weighted by atomic mass is 16.5. The first kappa shape index (κ1) is 16.1. The first-order chi connectivity index (χ1) is 8.92. The molecule has 0 saturated carbocycles. The highest BCUT2D eigenvalue weighted by Crippen LogP contribution is 2.23. The fourth-order valence-electron chi connectivity index (χ4n) is 2.04. The van der Waals surface area contributed by atoms with Crippen molar-refractivity contribution in [2.45, 2.75) is 59.6 Å². The summed E-state index contributed by atoms with van der Waals surface area (Å²) in [5.41, 5.74) is 0.149. The first-order valence-corrected chi connectivity index (χ1v) is 7.01. The minimum absolute atomic E-state index is 0.0790. The van der Waals surface area contributed by atoms with Crippen LogP contribution < -0.4 is 5.32 Å². The lowest BCUT2D eigenvalue weighted by Crippen LogP contribution is -2.41. The largest absolute Gasteiger partial charge is 0.373 e. The van der Waals surface area contributed by atoms with Crippen LogP contribution in [0, 0.1) is 5.41 Å². The number of nitrogens with zero attached hydrogens (tertiary/aromatic N) is 2. The smallest absolute Gasteiger partial charge is 0.228 e. The van der Waals surface area contributed by atoms with Crippen LogP contribution in [0.25, 0.3) is 0 Å². The summed E-state index contributed by atoms with van der Waals surface area (Å²) in [4.78, 5) is 4.45. The molecule has 0 aliphatic rings. The number of nitrogens with one attached hydrogen (secondary N) is 1. The van der Waals surface area contributed by atoms with Gasteiger partial charge in [0, 0.05) is 19.6 Å². The van der Waals surface area contributed by atoms with E-state index in [1.807, 2.05) is 6.92 Å². The molecular weight excluding hydrogens is 242 g/mol. The first-order valence-electron chi connectivity index (χ1n) is 7.01. The molecular formula is C14H27N3O2. The maximum atomic E-state index is 5.34. The predicted molar refractivity (Wildman–Crippen MR) is 75.0 cm³/mol. The quantitative estimate of drug-likeness (QED) is 0.824. The lowest BCUT2D eigenvalue weighted by atomic mass is 9.84. The molecule has 5 nitrogen and oxygen atoms in total. The molecule has 0 amide bonds. The summed E-state index contributed by atoms with van der Waals surface area (Å²) < 4.78 is 10.7. The standard InChI is InChI=1S/C14H27N3O2/c1-7-10(18-6)13-16-12(19-17-13)9-11(15-8-2)14(3,4)5/h10-11,15H,7-9H2,1-6H3. The molecule has 0 aliphatic heterocycles. The number of hydrogen-bond donors (Lipinski definition) is 1. The molecule has 1 aromatic heterocycles. The highest BCUT2D eigenvalue weighted by Gasteiger charge is 2.26. The van der Waals surface area contributed by atoms with Crippen molar-refractivity contribution in [2.24, 2.45) is 5.41 Å². The van der Waals surface area contributed by atoms with Gasteiger partial charge in [-0.1, -0.05) is 39.8 Å². The number of hydrogen-bond acceptors (Lipinski definition) is 5. The summed E-state index contributed by atoms with van der Waals surface area (Å²) in [6.45, 7) is 11.7. The maximum absolute atomic E-state index is 5.34. The van der Waals surface area contributed by atoms with E-state index in [0.717, 1.165) is 19.4 Å². The fourth-order valence-corrected chi connectivity index (χ4v) is 2.04. The molecule has 1 heterocycles. The van der Waals surface area contributed by atoms with Crippen LogP contribution in [-0.2, 0) is 11.2 Å². The van der Waals surface area contributed by atoms with Gasteiger partial charge in [0.2, 0.25) is 11.7 Å². The molecule has 0 saturated heterocycles. The Morgan fingerprint density at radius 3 is 2.47 bits per heavy atom. The van der Waals surface area contributed by atoms with Gasteiger partial charge < -0.3 is 14.6 Å². The molecule has 0 spiro atoms. The molecule has 0 aliphatic carbocycles. The zero-order valence-electron chi connectivity index (χ0n) is 13.0. The minimum Gasteiger partial charge on any atom is -0.373 e. The second kappa shape index (κ2) is 7.01. The third kappa shape index (κ3) is 4.58. The van der Waals surface area contributed by atoms with Gasteiger partial charge in [0.25, 0.3) is 0 Å². The molecule has 5 heteroatoms. The van der Waals surface area contributed by atoms with E-state index in [1.54, 1.807) is 7.11 Å². The third-order valence-electron chi connectivity index (χ3n) is 3.30. The van der Waals surface area contributed by atoms with E-state index in [0.29, 0.717) is 17.8 Å². The molecule has 2 unspecified atom stereocenters. The normalized spacial score (nSPS) is 15.5. The van der Waals surface area contributed by atoms with Gasteiger partial charge in [0.05, 0.1) is 0 Å². The predicted octanol–water partition coefficient (Wildman–Crippen LogP) is 2.73. The zero-order valence-corrected chi connectivity index (χ0v) is 13.0. The van der Waals surface area contributed by atoms with Gasteiger partial charge in [0.1, 0.15) is 6.10 Å². The average molecular weight is 269 g/mol. The number of aromatic nitrogens is 2. The van der Waals surface area contributed by atoms with Crippen LogP contribution in [0.15, 0.2) is 4.52 Å². The van der Waals surface area contributed by atoms with Gasteiger partial charge in [-0.3, -0.25) is 0 Å². The average Bonchev–Trinajstić information content (AvgIpc) is 2.78. The summed E-state index contributed by atoms with van der Waals surface area (Å²) in [6.07, 6.45) is 1.50. The van der Waals surface area contributed by atoms with Crippen LogP contribution >= 0.6 is 0 Å². The Kier molecular flexibility index (Phi) is 5.94. The van der Waals surface area contributed by atoms with Gasteiger partial charge in [-0.2, -0.15) is 4.98 Å². The van der Waals surface area contributed by atoms with Gasteiger partial charge in [-0.05, 0) is 18.4 Å². The monoisotopic (exact) mass is 269 g/mol. The van der Waals surface area contributed by atoms with Crippen molar-refractivity contribution in [3.63, 3.8) is 0 Å². The summed E-state index contributed by atoms with van der Waals surface area (Å²) >= 11 is 0. The molecule has 0 fully saturated rings. The van der Waals surface area contributed by atoms with E-state index in [4.69, 9.17) is 9.26 Å². The van der Waals surface area contributed by atoms with Crippen molar-refractivity contribution >= 4 is 0 Å². The van der Waals surface area contributed by atoms with E-state index < -0.39 is 0 Å². The second-order valence-corrected chi connectivity index (χ2v) is 5.86. The van der Waals surface area contributed by atoms with Crippen molar-refractivity contribution in [2.75, 3.05) is 13.7 Å².